The number of nitrogens with one attached hydrogen (secondary N) is 1. The normalized spacial score (nSPS) is 21.7. The van der Waals surface area contributed by atoms with Crippen molar-refractivity contribution in [3.63, 3.8) is 0 Å². The van der Waals surface area contributed by atoms with Crippen molar-refractivity contribution < 1.29 is 19.1 Å². The molecule has 100 valence electrons. The number of hydrogen-bond acceptors (Lipinski definition) is 5. The average molecular weight is 254 g/mol. The molecule has 1 N–H and O–H groups in total. The van der Waals surface area contributed by atoms with E-state index in [0.29, 0.717) is 13.0 Å². The van der Waals surface area contributed by atoms with E-state index in [9.17, 15) is 9.59 Å². The van der Waals surface area contributed by atoms with Crippen LogP contribution < -0.4 is 5.32 Å². The molecule has 1 aliphatic heterocycles. The van der Waals surface area contributed by atoms with Crippen LogP contribution in [-0.2, 0) is 19.1 Å². The summed E-state index contributed by atoms with van der Waals surface area (Å²) in [5.41, 5.74) is 0. The van der Waals surface area contributed by atoms with Crippen LogP contribution in [0, 0.1) is 17.2 Å². The summed E-state index contributed by atoms with van der Waals surface area (Å²) in [7, 11) is 1.26. The van der Waals surface area contributed by atoms with Crippen LogP contribution in [0.1, 0.15) is 26.2 Å². The highest BCUT2D eigenvalue weighted by molar-refractivity contribution is 5.87. The lowest BCUT2D eigenvalue weighted by atomic mass is 9.98. The number of nitriles is 1. The summed E-state index contributed by atoms with van der Waals surface area (Å²) in [6, 6.07) is 1.18. The van der Waals surface area contributed by atoms with Crippen molar-refractivity contribution in [3.8, 4) is 6.07 Å². The van der Waals surface area contributed by atoms with Gasteiger partial charge in [0, 0.05) is 18.9 Å². The van der Waals surface area contributed by atoms with Crippen LogP contribution in [0.4, 0.5) is 0 Å². The Morgan fingerprint density at radius 1 is 1.61 bits per heavy atom. The Kier molecular flexibility index (Phi) is 5.59. The van der Waals surface area contributed by atoms with Crippen LogP contribution in [0.2, 0.25) is 0 Å². The molecule has 0 aliphatic carbocycles. The number of rotatable bonds is 5. The zero-order valence-electron chi connectivity index (χ0n) is 10.6. The van der Waals surface area contributed by atoms with E-state index in [1.807, 2.05) is 6.07 Å². The van der Waals surface area contributed by atoms with E-state index in [1.165, 1.54) is 7.11 Å². The number of hydrogen-bond donors (Lipinski definition) is 1. The van der Waals surface area contributed by atoms with Crippen molar-refractivity contribution in [2.24, 2.45) is 5.92 Å². The van der Waals surface area contributed by atoms with E-state index in [4.69, 9.17) is 10.00 Å². The summed E-state index contributed by atoms with van der Waals surface area (Å²) < 4.78 is 9.88. The van der Waals surface area contributed by atoms with Crippen LogP contribution in [-0.4, -0.2) is 37.7 Å². The summed E-state index contributed by atoms with van der Waals surface area (Å²) in [5, 5.41) is 11.3. The molecule has 0 unspecified atom stereocenters. The molecule has 1 amide bonds. The van der Waals surface area contributed by atoms with Crippen LogP contribution in [0.15, 0.2) is 0 Å². The molecule has 1 rings (SSSR count). The molecule has 18 heavy (non-hydrogen) atoms. The first kappa shape index (κ1) is 14.5. The molecule has 0 bridgehead atoms. The largest absolute Gasteiger partial charge is 0.467 e. The molecule has 6 nitrogen and oxygen atoms in total. The van der Waals surface area contributed by atoms with Crippen molar-refractivity contribution in [1.29, 1.82) is 5.26 Å². The SMILES string of the molecule is COC(=O)[C@@H](NC(=O)[C@@H]1CCCO1)[C@@H](C)CC#N. The van der Waals surface area contributed by atoms with Gasteiger partial charge < -0.3 is 14.8 Å². The molecule has 0 spiro atoms. The van der Waals surface area contributed by atoms with Gasteiger partial charge >= 0.3 is 5.97 Å². The predicted octanol–water partition coefficient (Wildman–Crippen LogP) is 0.373. The fourth-order valence-corrected chi connectivity index (χ4v) is 1.85. The van der Waals surface area contributed by atoms with E-state index < -0.39 is 18.1 Å². The Labute approximate surface area is 106 Å². The van der Waals surface area contributed by atoms with Gasteiger partial charge in [-0.1, -0.05) is 6.92 Å². The van der Waals surface area contributed by atoms with Gasteiger partial charge in [-0.3, -0.25) is 4.79 Å². The smallest absolute Gasteiger partial charge is 0.328 e. The van der Waals surface area contributed by atoms with E-state index in [2.05, 4.69) is 10.1 Å². The molecule has 6 heteroatoms. The predicted molar refractivity (Wildman–Crippen MR) is 62.3 cm³/mol. The van der Waals surface area contributed by atoms with Gasteiger partial charge in [0.05, 0.1) is 13.2 Å². The number of carbonyl (C=O) groups excluding carboxylic acids is 2. The highest BCUT2D eigenvalue weighted by atomic mass is 16.5. The van der Waals surface area contributed by atoms with Gasteiger partial charge in [-0.15, -0.1) is 0 Å². The summed E-state index contributed by atoms with van der Waals surface area (Å²) in [6.45, 7) is 2.29. The van der Waals surface area contributed by atoms with Gasteiger partial charge in [-0.25, -0.2) is 4.79 Å². The lowest BCUT2D eigenvalue weighted by Crippen LogP contribution is -2.49. The lowest BCUT2D eigenvalue weighted by molar-refractivity contribution is -0.147. The summed E-state index contributed by atoms with van der Waals surface area (Å²) in [5.74, 6) is -1.15. The van der Waals surface area contributed by atoms with Crippen molar-refractivity contribution in [2.75, 3.05) is 13.7 Å². The Balaban J connectivity index is 2.62. The number of carbonyl (C=O) groups is 2. The highest BCUT2D eigenvalue weighted by Gasteiger charge is 2.31. The number of ether oxygens (including phenoxy) is 2. The monoisotopic (exact) mass is 254 g/mol. The Bertz CT molecular complexity index is 344. The van der Waals surface area contributed by atoms with Gasteiger partial charge in [0.2, 0.25) is 5.91 Å². The number of nitrogens with zero attached hydrogens (tertiary/aromatic N) is 1. The van der Waals surface area contributed by atoms with Gasteiger partial charge in [0.1, 0.15) is 12.1 Å². The molecule has 1 aliphatic rings. The Morgan fingerprint density at radius 3 is 2.83 bits per heavy atom. The molecule has 3 atom stereocenters. The summed E-state index contributed by atoms with van der Waals surface area (Å²) in [6.07, 6.45) is 1.18. The Hall–Kier alpha value is -1.61. The van der Waals surface area contributed by atoms with E-state index in [-0.39, 0.29) is 18.2 Å². The minimum Gasteiger partial charge on any atom is -0.467 e. The molecule has 1 fully saturated rings. The highest BCUT2D eigenvalue weighted by Crippen LogP contribution is 2.14. The minimum absolute atomic E-state index is 0.172. The molecule has 0 aromatic carbocycles. The van der Waals surface area contributed by atoms with E-state index in [0.717, 1.165) is 6.42 Å². The van der Waals surface area contributed by atoms with Crippen LogP contribution in [0.5, 0.6) is 0 Å². The van der Waals surface area contributed by atoms with Gasteiger partial charge in [-0.2, -0.15) is 5.26 Å². The summed E-state index contributed by atoms with van der Waals surface area (Å²) in [4.78, 5) is 23.4. The van der Waals surface area contributed by atoms with Crippen molar-refractivity contribution in [1.82, 2.24) is 5.32 Å². The standard InChI is InChI=1S/C12H18N2O4/c1-8(5-6-13)10(12(16)17-2)14-11(15)9-4-3-7-18-9/h8-10H,3-5,7H2,1-2H3,(H,14,15)/t8-,9-,10-/m0/s1. The third kappa shape index (κ3) is 3.70. The molecular formula is C12H18N2O4. The number of amides is 1. The second-order valence-corrected chi connectivity index (χ2v) is 4.35. The molecule has 0 radical (unpaired) electrons. The quantitative estimate of drug-likeness (QED) is 0.716. The zero-order valence-corrected chi connectivity index (χ0v) is 10.6. The van der Waals surface area contributed by atoms with Gasteiger partial charge in [0.25, 0.3) is 0 Å². The fourth-order valence-electron chi connectivity index (χ4n) is 1.85. The first-order chi connectivity index (χ1) is 8.60. The van der Waals surface area contributed by atoms with Crippen molar-refractivity contribution in [2.45, 2.75) is 38.3 Å². The lowest BCUT2D eigenvalue weighted by Gasteiger charge is -2.22. The molecule has 0 saturated carbocycles. The minimum atomic E-state index is -0.800. The molecular weight excluding hydrogens is 236 g/mol. The van der Waals surface area contributed by atoms with Crippen LogP contribution in [0.3, 0.4) is 0 Å². The molecule has 1 heterocycles. The third-order valence-corrected chi connectivity index (χ3v) is 2.96. The Morgan fingerprint density at radius 2 is 2.33 bits per heavy atom. The zero-order chi connectivity index (χ0) is 13.5. The first-order valence-corrected chi connectivity index (χ1v) is 5.97. The van der Waals surface area contributed by atoms with E-state index >= 15 is 0 Å². The molecule has 1 saturated heterocycles. The first-order valence-electron chi connectivity index (χ1n) is 5.97. The second kappa shape index (κ2) is 6.97. The van der Waals surface area contributed by atoms with Crippen molar-refractivity contribution >= 4 is 11.9 Å². The maximum Gasteiger partial charge on any atom is 0.328 e. The van der Waals surface area contributed by atoms with Crippen LogP contribution in [0.25, 0.3) is 0 Å². The fraction of sp³-hybridized carbons (Fsp3) is 0.750. The van der Waals surface area contributed by atoms with Gasteiger partial charge in [0.15, 0.2) is 0 Å². The van der Waals surface area contributed by atoms with E-state index in [1.54, 1.807) is 6.92 Å². The maximum atomic E-state index is 11.9. The average Bonchev–Trinajstić information content (AvgIpc) is 2.88. The molecule has 0 aromatic heterocycles. The third-order valence-electron chi connectivity index (χ3n) is 2.96. The van der Waals surface area contributed by atoms with Crippen LogP contribution >= 0.6 is 0 Å². The number of esters is 1. The summed E-state index contributed by atoms with van der Waals surface area (Å²) >= 11 is 0. The molecule has 0 aromatic rings. The number of methoxy groups -OCH3 is 1. The van der Waals surface area contributed by atoms with Gasteiger partial charge in [-0.05, 0) is 12.8 Å². The second-order valence-electron chi connectivity index (χ2n) is 4.35. The topological polar surface area (TPSA) is 88.4 Å². The maximum absolute atomic E-state index is 11.9. The van der Waals surface area contributed by atoms with Crippen molar-refractivity contribution in [3.05, 3.63) is 0 Å².